The molecule has 0 unspecified atom stereocenters. The molecule has 0 amide bonds. The lowest BCUT2D eigenvalue weighted by Crippen LogP contribution is -2.00. The summed E-state index contributed by atoms with van der Waals surface area (Å²) in [4.78, 5) is 8.19. The third-order valence-electron chi connectivity index (χ3n) is 2.03. The Morgan fingerprint density at radius 1 is 1.50 bits per heavy atom. The maximum absolute atomic E-state index is 5.73. The summed E-state index contributed by atoms with van der Waals surface area (Å²) >= 11 is 3.46. The molecule has 0 aromatic carbocycles. The standard InChI is InChI=1S/C9H9BrN4/c1-6-7(11)4-13-9(8(6)10)14-3-2-12-5-14/h2-5H,11H2,1H3. The van der Waals surface area contributed by atoms with Crippen molar-refractivity contribution >= 4 is 21.6 Å². The van der Waals surface area contributed by atoms with Crippen LogP contribution in [0.25, 0.3) is 5.82 Å². The summed E-state index contributed by atoms with van der Waals surface area (Å²) in [5, 5.41) is 0. The molecule has 0 fully saturated rings. The fourth-order valence-electron chi connectivity index (χ4n) is 1.14. The number of halogens is 1. The van der Waals surface area contributed by atoms with Crippen molar-refractivity contribution in [2.24, 2.45) is 0 Å². The van der Waals surface area contributed by atoms with Gasteiger partial charge in [-0.15, -0.1) is 0 Å². The molecule has 4 nitrogen and oxygen atoms in total. The van der Waals surface area contributed by atoms with Crippen LogP contribution in [0.15, 0.2) is 29.4 Å². The smallest absolute Gasteiger partial charge is 0.152 e. The maximum Gasteiger partial charge on any atom is 0.152 e. The van der Waals surface area contributed by atoms with Gasteiger partial charge in [0, 0.05) is 12.4 Å². The van der Waals surface area contributed by atoms with E-state index >= 15 is 0 Å². The summed E-state index contributed by atoms with van der Waals surface area (Å²) in [5.74, 6) is 0.800. The summed E-state index contributed by atoms with van der Waals surface area (Å²) in [6.07, 6.45) is 6.89. The molecule has 2 aromatic heterocycles. The van der Waals surface area contributed by atoms with Crippen molar-refractivity contribution in [2.45, 2.75) is 6.92 Å². The van der Waals surface area contributed by atoms with Crippen molar-refractivity contribution in [1.29, 1.82) is 0 Å². The average molecular weight is 253 g/mol. The van der Waals surface area contributed by atoms with E-state index in [1.165, 1.54) is 0 Å². The van der Waals surface area contributed by atoms with Crippen LogP contribution in [0.3, 0.4) is 0 Å². The van der Waals surface area contributed by atoms with Gasteiger partial charge in [0.05, 0.1) is 16.4 Å². The molecule has 72 valence electrons. The zero-order valence-corrected chi connectivity index (χ0v) is 9.19. The van der Waals surface area contributed by atoms with Gasteiger partial charge in [0.25, 0.3) is 0 Å². The first-order valence-corrected chi connectivity index (χ1v) is 4.88. The molecule has 2 N–H and O–H groups in total. The van der Waals surface area contributed by atoms with E-state index in [1.807, 2.05) is 17.7 Å². The minimum atomic E-state index is 0.681. The number of imidazole rings is 1. The highest BCUT2D eigenvalue weighted by atomic mass is 79.9. The Hall–Kier alpha value is -1.36. The van der Waals surface area contributed by atoms with Gasteiger partial charge in [-0.25, -0.2) is 9.97 Å². The third kappa shape index (κ3) is 1.39. The van der Waals surface area contributed by atoms with Crippen molar-refractivity contribution in [3.63, 3.8) is 0 Å². The summed E-state index contributed by atoms with van der Waals surface area (Å²) < 4.78 is 2.73. The topological polar surface area (TPSA) is 56.7 Å². The van der Waals surface area contributed by atoms with Gasteiger partial charge in [-0.05, 0) is 28.4 Å². The second kappa shape index (κ2) is 3.42. The molecule has 0 saturated heterocycles. The first-order valence-electron chi connectivity index (χ1n) is 4.09. The number of hydrogen-bond acceptors (Lipinski definition) is 3. The number of nitrogens with zero attached hydrogens (tertiary/aromatic N) is 3. The van der Waals surface area contributed by atoms with Crippen LogP contribution in [-0.2, 0) is 0 Å². The summed E-state index contributed by atoms with van der Waals surface area (Å²) in [7, 11) is 0. The number of anilines is 1. The van der Waals surface area contributed by atoms with Crippen LogP contribution < -0.4 is 5.73 Å². The second-order valence-electron chi connectivity index (χ2n) is 2.95. The summed E-state index contributed by atoms with van der Waals surface area (Å²) in [5.41, 5.74) is 7.40. The molecule has 2 heterocycles. The first kappa shape index (κ1) is 9.21. The number of aromatic nitrogens is 3. The average Bonchev–Trinajstić information content (AvgIpc) is 2.67. The molecule has 0 bridgehead atoms. The van der Waals surface area contributed by atoms with Crippen LogP contribution in [0.1, 0.15) is 5.56 Å². The van der Waals surface area contributed by atoms with Gasteiger partial charge in [0.2, 0.25) is 0 Å². The second-order valence-corrected chi connectivity index (χ2v) is 3.74. The molecule has 0 aliphatic carbocycles. The molecule has 2 rings (SSSR count). The third-order valence-corrected chi connectivity index (χ3v) is 2.98. The Balaban J connectivity index is 2.61. The molecule has 0 aliphatic rings. The Bertz CT molecular complexity index is 450. The number of nitrogen functional groups attached to an aromatic ring is 1. The lowest BCUT2D eigenvalue weighted by molar-refractivity contribution is 0.979. The molecule has 5 heteroatoms. The van der Waals surface area contributed by atoms with Crippen LogP contribution in [0.2, 0.25) is 0 Å². The molecule has 2 aromatic rings. The normalized spacial score (nSPS) is 10.4. The van der Waals surface area contributed by atoms with E-state index in [1.54, 1.807) is 18.7 Å². The predicted octanol–water partition coefficient (Wildman–Crippen LogP) is 1.92. The van der Waals surface area contributed by atoms with E-state index in [2.05, 4.69) is 25.9 Å². The lowest BCUT2D eigenvalue weighted by Gasteiger charge is -2.08. The van der Waals surface area contributed by atoms with E-state index in [0.717, 1.165) is 15.9 Å². The Morgan fingerprint density at radius 2 is 2.29 bits per heavy atom. The zero-order valence-electron chi connectivity index (χ0n) is 7.61. The molecular formula is C9H9BrN4. The van der Waals surface area contributed by atoms with Gasteiger partial charge in [-0.3, -0.25) is 4.57 Å². The maximum atomic E-state index is 5.73. The molecule has 0 spiro atoms. The van der Waals surface area contributed by atoms with Crippen LogP contribution in [0.5, 0.6) is 0 Å². The summed E-state index contributed by atoms with van der Waals surface area (Å²) in [6.45, 7) is 1.95. The van der Waals surface area contributed by atoms with Crippen molar-refractivity contribution in [2.75, 3.05) is 5.73 Å². The first-order chi connectivity index (χ1) is 6.70. The van der Waals surface area contributed by atoms with Gasteiger partial charge in [-0.2, -0.15) is 0 Å². The Labute approximate surface area is 89.9 Å². The molecule has 0 radical (unpaired) electrons. The highest BCUT2D eigenvalue weighted by Crippen LogP contribution is 2.26. The van der Waals surface area contributed by atoms with Crippen LogP contribution >= 0.6 is 15.9 Å². The van der Waals surface area contributed by atoms with Crippen LogP contribution in [-0.4, -0.2) is 14.5 Å². The number of nitrogens with two attached hydrogens (primary N) is 1. The van der Waals surface area contributed by atoms with Gasteiger partial charge in [0.1, 0.15) is 6.33 Å². The lowest BCUT2D eigenvalue weighted by atomic mass is 10.2. The minimum Gasteiger partial charge on any atom is -0.397 e. The van der Waals surface area contributed by atoms with Crippen molar-refractivity contribution in [3.05, 3.63) is 35.0 Å². The van der Waals surface area contributed by atoms with Gasteiger partial charge in [0.15, 0.2) is 5.82 Å². The molecular weight excluding hydrogens is 244 g/mol. The monoisotopic (exact) mass is 252 g/mol. The number of rotatable bonds is 1. The van der Waals surface area contributed by atoms with Crippen molar-refractivity contribution < 1.29 is 0 Å². The van der Waals surface area contributed by atoms with E-state index in [-0.39, 0.29) is 0 Å². The van der Waals surface area contributed by atoms with Crippen LogP contribution in [0, 0.1) is 6.92 Å². The molecule has 0 atom stereocenters. The van der Waals surface area contributed by atoms with Crippen molar-refractivity contribution in [3.8, 4) is 5.82 Å². The van der Waals surface area contributed by atoms with Gasteiger partial charge in [-0.1, -0.05) is 0 Å². The molecule has 14 heavy (non-hydrogen) atoms. The largest absolute Gasteiger partial charge is 0.397 e. The Morgan fingerprint density at radius 3 is 2.93 bits per heavy atom. The highest BCUT2D eigenvalue weighted by molar-refractivity contribution is 9.10. The minimum absolute atomic E-state index is 0.681. The molecule has 0 aliphatic heterocycles. The summed E-state index contributed by atoms with van der Waals surface area (Å²) in [6, 6.07) is 0. The van der Waals surface area contributed by atoms with E-state index in [4.69, 9.17) is 5.73 Å². The van der Waals surface area contributed by atoms with Gasteiger partial charge < -0.3 is 5.73 Å². The quantitative estimate of drug-likeness (QED) is 0.844. The Kier molecular flexibility index (Phi) is 2.25. The van der Waals surface area contributed by atoms with E-state index in [0.29, 0.717) is 5.69 Å². The van der Waals surface area contributed by atoms with Crippen LogP contribution in [0.4, 0.5) is 5.69 Å². The molecule has 0 saturated carbocycles. The fourth-order valence-corrected chi connectivity index (χ4v) is 1.68. The zero-order chi connectivity index (χ0) is 10.1. The van der Waals surface area contributed by atoms with Gasteiger partial charge >= 0.3 is 0 Å². The number of hydrogen-bond donors (Lipinski definition) is 1. The SMILES string of the molecule is Cc1c(N)cnc(-n2ccnc2)c1Br. The number of pyridine rings is 1. The van der Waals surface area contributed by atoms with E-state index < -0.39 is 0 Å². The van der Waals surface area contributed by atoms with Crippen molar-refractivity contribution in [1.82, 2.24) is 14.5 Å². The fraction of sp³-hybridized carbons (Fsp3) is 0.111. The van der Waals surface area contributed by atoms with E-state index in [9.17, 15) is 0 Å². The predicted molar refractivity (Wildman–Crippen MR) is 58.2 cm³/mol. The highest BCUT2D eigenvalue weighted by Gasteiger charge is 2.08.